The van der Waals surface area contributed by atoms with E-state index >= 15 is 0 Å². The molecule has 0 aliphatic carbocycles. The fourth-order valence-corrected chi connectivity index (χ4v) is 5.60. The number of anilines is 1. The lowest BCUT2D eigenvalue weighted by Gasteiger charge is -2.15. The van der Waals surface area contributed by atoms with Crippen molar-refractivity contribution in [1.29, 1.82) is 0 Å². The molecule has 7 rings (SSSR count). The number of nitrogens with zero attached hydrogens (tertiary/aromatic N) is 2. The summed E-state index contributed by atoms with van der Waals surface area (Å²) in [6.07, 6.45) is 0. The molecule has 0 amide bonds. The zero-order valence-electron chi connectivity index (χ0n) is 20.7. The van der Waals surface area contributed by atoms with Crippen LogP contribution in [0.3, 0.4) is 0 Å². The standard InChI is InChI=1S/C33H27N3/c1-21-11-18-32-29(19-21)27-9-6-8-25(33(27)36(32)24-15-13-23(14-16-24)35(2)3)22-12-17-31-28(20-22)26-7-4-5-10-30(26)34-31/h4-20,34H,1-3H3. The Hall–Kier alpha value is -4.50. The van der Waals surface area contributed by atoms with Crippen LogP contribution in [0, 0.1) is 6.92 Å². The first kappa shape index (κ1) is 20.8. The Morgan fingerprint density at radius 2 is 1.42 bits per heavy atom. The molecule has 2 heterocycles. The molecule has 0 fully saturated rings. The van der Waals surface area contributed by atoms with Gasteiger partial charge >= 0.3 is 0 Å². The van der Waals surface area contributed by atoms with Crippen molar-refractivity contribution in [3.63, 3.8) is 0 Å². The van der Waals surface area contributed by atoms with E-state index in [0.717, 1.165) is 0 Å². The molecule has 0 radical (unpaired) electrons. The van der Waals surface area contributed by atoms with Crippen LogP contribution in [0.1, 0.15) is 5.56 Å². The van der Waals surface area contributed by atoms with E-state index in [2.05, 4.69) is 139 Å². The summed E-state index contributed by atoms with van der Waals surface area (Å²) in [7, 11) is 4.16. The van der Waals surface area contributed by atoms with Gasteiger partial charge in [0, 0.05) is 63.6 Å². The molecule has 0 bridgehead atoms. The number of aromatic amines is 1. The number of benzene rings is 5. The molecule has 0 aliphatic heterocycles. The van der Waals surface area contributed by atoms with E-state index in [1.807, 2.05) is 0 Å². The number of rotatable bonds is 3. The minimum atomic E-state index is 1.17. The Balaban J connectivity index is 1.56. The smallest absolute Gasteiger partial charge is 0.0619 e. The lowest BCUT2D eigenvalue weighted by atomic mass is 9.99. The summed E-state index contributed by atoms with van der Waals surface area (Å²) >= 11 is 0. The first-order valence-corrected chi connectivity index (χ1v) is 12.4. The molecule has 5 aromatic carbocycles. The summed E-state index contributed by atoms with van der Waals surface area (Å²) in [5.74, 6) is 0. The van der Waals surface area contributed by atoms with Gasteiger partial charge in [0.25, 0.3) is 0 Å². The molecular formula is C33H27N3. The molecule has 7 aromatic rings. The fourth-order valence-electron chi connectivity index (χ4n) is 5.60. The molecule has 0 saturated heterocycles. The van der Waals surface area contributed by atoms with Crippen LogP contribution in [0.4, 0.5) is 5.69 Å². The maximum Gasteiger partial charge on any atom is 0.0619 e. The summed E-state index contributed by atoms with van der Waals surface area (Å²) in [4.78, 5) is 5.70. The van der Waals surface area contributed by atoms with Crippen molar-refractivity contribution in [1.82, 2.24) is 9.55 Å². The van der Waals surface area contributed by atoms with Gasteiger partial charge in [-0.15, -0.1) is 0 Å². The number of H-pyrrole nitrogens is 1. The normalized spacial score (nSPS) is 11.8. The van der Waals surface area contributed by atoms with E-state index < -0.39 is 0 Å². The fraction of sp³-hybridized carbons (Fsp3) is 0.0909. The van der Waals surface area contributed by atoms with Crippen molar-refractivity contribution in [2.75, 3.05) is 19.0 Å². The summed E-state index contributed by atoms with van der Waals surface area (Å²) in [5, 5.41) is 5.09. The van der Waals surface area contributed by atoms with E-state index in [0.29, 0.717) is 0 Å². The second kappa shape index (κ2) is 7.76. The number of nitrogens with one attached hydrogen (secondary N) is 1. The highest BCUT2D eigenvalue weighted by Gasteiger charge is 2.17. The van der Waals surface area contributed by atoms with Gasteiger partial charge in [-0.2, -0.15) is 0 Å². The van der Waals surface area contributed by atoms with Crippen molar-refractivity contribution < 1.29 is 0 Å². The molecule has 36 heavy (non-hydrogen) atoms. The van der Waals surface area contributed by atoms with Crippen LogP contribution in [-0.2, 0) is 0 Å². The van der Waals surface area contributed by atoms with E-state index in [1.54, 1.807) is 0 Å². The Morgan fingerprint density at radius 3 is 2.25 bits per heavy atom. The SMILES string of the molecule is Cc1ccc2c(c1)c1cccc(-c3ccc4[nH]c5ccccc5c4c3)c1n2-c1ccc(N(C)C)cc1. The highest BCUT2D eigenvalue weighted by Crippen LogP contribution is 2.40. The van der Waals surface area contributed by atoms with Crippen LogP contribution < -0.4 is 4.90 Å². The predicted molar refractivity (Wildman–Crippen MR) is 155 cm³/mol. The first-order valence-electron chi connectivity index (χ1n) is 12.4. The van der Waals surface area contributed by atoms with Crippen LogP contribution in [0.25, 0.3) is 60.4 Å². The van der Waals surface area contributed by atoms with Gasteiger partial charge in [-0.1, -0.05) is 54.1 Å². The number of fused-ring (bicyclic) bond motifs is 6. The van der Waals surface area contributed by atoms with Gasteiger partial charge in [0.15, 0.2) is 0 Å². The first-order chi connectivity index (χ1) is 17.6. The number of hydrogen-bond donors (Lipinski definition) is 1. The summed E-state index contributed by atoms with van der Waals surface area (Å²) < 4.78 is 2.43. The van der Waals surface area contributed by atoms with Gasteiger partial charge in [-0.25, -0.2) is 0 Å². The average molecular weight is 466 g/mol. The number of hydrogen-bond acceptors (Lipinski definition) is 1. The Labute approximate surface area is 210 Å². The van der Waals surface area contributed by atoms with Crippen molar-refractivity contribution in [3.8, 4) is 16.8 Å². The van der Waals surface area contributed by atoms with Crippen molar-refractivity contribution >= 4 is 49.3 Å². The molecule has 2 aromatic heterocycles. The van der Waals surface area contributed by atoms with E-state index in [9.17, 15) is 0 Å². The molecule has 0 aliphatic rings. The summed E-state index contributed by atoms with van der Waals surface area (Å²) in [6.45, 7) is 2.17. The molecule has 174 valence electrons. The van der Waals surface area contributed by atoms with E-state index in [-0.39, 0.29) is 0 Å². The Kier molecular flexibility index (Phi) is 4.49. The molecule has 3 nitrogen and oxygen atoms in total. The largest absolute Gasteiger partial charge is 0.378 e. The van der Waals surface area contributed by atoms with Gasteiger partial charge in [0.2, 0.25) is 0 Å². The van der Waals surface area contributed by atoms with Gasteiger partial charge in [0.1, 0.15) is 0 Å². The molecule has 0 atom stereocenters. The molecule has 0 saturated carbocycles. The van der Waals surface area contributed by atoms with Crippen LogP contribution in [0.15, 0.2) is 103 Å². The molecule has 3 heteroatoms. The third-order valence-corrected chi connectivity index (χ3v) is 7.38. The monoisotopic (exact) mass is 465 g/mol. The minimum absolute atomic E-state index is 1.17. The topological polar surface area (TPSA) is 24.0 Å². The Morgan fingerprint density at radius 1 is 0.639 bits per heavy atom. The van der Waals surface area contributed by atoms with Gasteiger partial charge < -0.3 is 14.5 Å². The predicted octanol–water partition coefficient (Wildman–Crippen LogP) is 8.46. The lowest BCUT2D eigenvalue weighted by Crippen LogP contribution is -2.08. The third-order valence-electron chi connectivity index (χ3n) is 7.38. The Bertz CT molecular complexity index is 1920. The van der Waals surface area contributed by atoms with E-state index in [4.69, 9.17) is 0 Å². The molecule has 0 spiro atoms. The van der Waals surface area contributed by atoms with Crippen molar-refractivity contribution in [2.24, 2.45) is 0 Å². The average Bonchev–Trinajstić information content (AvgIpc) is 3.43. The maximum atomic E-state index is 3.56. The van der Waals surface area contributed by atoms with Crippen molar-refractivity contribution in [2.45, 2.75) is 6.92 Å². The zero-order valence-corrected chi connectivity index (χ0v) is 20.7. The van der Waals surface area contributed by atoms with Gasteiger partial charge in [-0.05, 0) is 67.1 Å². The van der Waals surface area contributed by atoms with Crippen molar-refractivity contribution in [3.05, 3.63) is 109 Å². The summed E-state index contributed by atoms with van der Waals surface area (Å²) in [5.41, 5.74) is 10.9. The number of para-hydroxylation sites is 2. The third kappa shape index (κ3) is 3.06. The zero-order chi connectivity index (χ0) is 24.4. The van der Waals surface area contributed by atoms with E-state index in [1.165, 1.54) is 71.7 Å². The lowest BCUT2D eigenvalue weighted by molar-refractivity contribution is 1.12. The number of aromatic nitrogens is 2. The van der Waals surface area contributed by atoms with Crippen LogP contribution in [0.5, 0.6) is 0 Å². The second-order valence-corrected chi connectivity index (χ2v) is 9.90. The summed E-state index contributed by atoms with van der Waals surface area (Å²) in [6, 6.07) is 37.7. The molecular weight excluding hydrogens is 438 g/mol. The highest BCUT2D eigenvalue weighted by atomic mass is 15.1. The second-order valence-electron chi connectivity index (χ2n) is 9.90. The van der Waals surface area contributed by atoms with Gasteiger partial charge in [0.05, 0.1) is 11.0 Å². The number of aryl methyl sites for hydroxylation is 1. The van der Waals surface area contributed by atoms with Crippen LogP contribution in [0.2, 0.25) is 0 Å². The highest BCUT2D eigenvalue weighted by molar-refractivity contribution is 6.15. The maximum absolute atomic E-state index is 3.56. The van der Waals surface area contributed by atoms with Crippen LogP contribution in [-0.4, -0.2) is 23.6 Å². The quantitative estimate of drug-likeness (QED) is 0.278. The van der Waals surface area contributed by atoms with Gasteiger partial charge in [-0.3, -0.25) is 0 Å². The van der Waals surface area contributed by atoms with Crippen LogP contribution >= 0.6 is 0 Å². The molecule has 0 unspecified atom stereocenters. The molecule has 1 N–H and O–H groups in total. The minimum Gasteiger partial charge on any atom is -0.378 e.